The number of aliphatic hydroxyl groups excluding tert-OH is 1. The van der Waals surface area contributed by atoms with Gasteiger partial charge >= 0.3 is 5.51 Å². The number of pyridine rings is 1. The van der Waals surface area contributed by atoms with E-state index in [9.17, 15) is 23.1 Å². The second-order valence-electron chi connectivity index (χ2n) is 9.48. The first-order valence-corrected chi connectivity index (χ1v) is 14.3. The van der Waals surface area contributed by atoms with E-state index in [1.165, 1.54) is 0 Å². The molecule has 0 fully saturated rings. The van der Waals surface area contributed by atoms with Gasteiger partial charge in [0.25, 0.3) is 5.91 Å². The number of halogens is 3. The molecule has 1 atom stereocenters. The molecular weight excluding hydrogens is 589 g/mol. The third kappa shape index (κ3) is 8.89. The summed E-state index contributed by atoms with van der Waals surface area (Å²) in [7, 11) is -2.55. The molecule has 4 rings (SSSR count). The van der Waals surface area contributed by atoms with Crippen molar-refractivity contribution in [1.29, 1.82) is 0 Å². The summed E-state index contributed by atoms with van der Waals surface area (Å²) < 4.78 is 72.5. The number of aromatic nitrogens is 1. The van der Waals surface area contributed by atoms with Crippen molar-refractivity contribution >= 4 is 26.9 Å². The molecule has 1 heterocycles. The van der Waals surface area contributed by atoms with E-state index in [-0.39, 0.29) is 18.6 Å². The van der Waals surface area contributed by atoms with E-state index in [1.807, 2.05) is 97.4 Å². The number of ether oxygens (including phenoxy) is 2. The second-order valence-corrected chi connectivity index (χ2v) is 10.9. The molecule has 1 aromatic heterocycles. The highest BCUT2D eigenvalue weighted by Crippen LogP contribution is 2.32. The molecule has 13 heteroatoms. The van der Waals surface area contributed by atoms with E-state index in [1.54, 1.807) is 7.11 Å². The molecular formula is C30H31F3N2O7S. The summed E-state index contributed by atoms with van der Waals surface area (Å²) in [5, 5.41) is 13.7. The van der Waals surface area contributed by atoms with Gasteiger partial charge in [0.1, 0.15) is 19.2 Å². The summed E-state index contributed by atoms with van der Waals surface area (Å²) >= 11 is 0. The van der Waals surface area contributed by atoms with E-state index in [0.29, 0.717) is 30.1 Å². The molecule has 0 aliphatic carbocycles. The summed E-state index contributed by atoms with van der Waals surface area (Å²) in [6.45, 7) is 2.17. The number of carbonyl (C=O) groups is 1. The molecule has 43 heavy (non-hydrogen) atoms. The molecule has 1 amide bonds. The van der Waals surface area contributed by atoms with E-state index in [0.717, 1.165) is 27.7 Å². The minimum absolute atomic E-state index is 0.145. The highest BCUT2D eigenvalue weighted by atomic mass is 32.2. The summed E-state index contributed by atoms with van der Waals surface area (Å²) in [5.41, 5.74) is -1.26. The maximum absolute atomic E-state index is 13.2. The van der Waals surface area contributed by atoms with Gasteiger partial charge in [-0.3, -0.25) is 4.79 Å². The Morgan fingerprint density at radius 2 is 1.56 bits per heavy atom. The number of aliphatic hydroxyl groups is 1. The second kappa shape index (κ2) is 14.3. The van der Waals surface area contributed by atoms with Crippen LogP contribution >= 0.6 is 0 Å². The normalized spacial score (nSPS) is 12.2. The van der Waals surface area contributed by atoms with E-state index in [4.69, 9.17) is 22.4 Å². The standard InChI is InChI=1S/C29H30N2O4.CHF3O3S/c1-20-25(29(33)30-24(18-32)14-21-10-6-4-7-11-21)15-23-16-28(27(34-3)17-26(23)31(20)2)35-19-22-12-8-5-9-13-22;2-1(3,4)8(5,6)7/h4-13,15-17,24,32H,14,18-19H2,1-3H3;(H,5,6,7)/t24-;/m0./s1. The molecule has 2 N–H and O–H groups in total. The van der Waals surface area contributed by atoms with Crippen molar-refractivity contribution in [2.75, 3.05) is 13.7 Å². The van der Waals surface area contributed by atoms with Crippen LogP contribution in [0.4, 0.5) is 13.2 Å². The number of amides is 1. The van der Waals surface area contributed by atoms with Gasteiger partial charge in [0.05, 0.1) is 31.2 Å². The molecule has 0 radical (unpaired) electrons. The molecule has 0 bridgehead atoms. The fraction of sp³-hybridized carbons (Fsp3) is 0.267. The Morgan fingerprint density at radius 1 is 1.00 bits per heavy atom. The molecule has 0 unspecified atom stereocenters. The number of nitrogens with zero attached hydrogens (tertiary/aromatic N) is 1. The fourth-order valence-electron chi connectivity index (χ4n) is 4.15. The molecule has 4 aromatic rings. The van der Waals surface area contributed by atoms with Crippen molar-refractivity contribution in [2.45, 2.75) is 31.5 Å². The van der Waals surface area contributed by atoms with Crippen LogP contribution in [-0.4, -0.2) is 49.3 Å². The van der Waals surface area contributed by atoms with Crippen LogP contribution in [0.25, 0.3) is 10.9 Å². The topological polar surface area (TPSA) is 129 Å². The van der Waals surface area contributed by atoms with Crippen molar-refractivity contribution in [1.82, 2.24) is 5.32 Å². The largest absolute Gasteiger partial charge is 0.741 e. The van der Waals surface area contributed by atoms with Crippen molar-refractivity contribution in [2.24, 2.45) is 7.05 Å². The lowest BCUT2D eigenvalue weighted by atomic mass is 10.0. The number of carbonyl (C=O) groups excluding carboxylic acids is 1. The van der Waals surface area contributed by atoms with Crippen molar-refractivity contribution in [3.8, 4) is 11.5 Å². The molecule has 0 saturated heterocycles. The Kier molecular flexibility index (Phi) is 11.1. The fourth-order valence-corrected chi connectivity index (χ4v) is 4.15. The van der Waals surface area contributed by atoms with Crippen LogP contribution in [0.1, 0.15) is 27.2 Å². The number of benzene rings is 3. The van der Waals surface area contributed by atoms with Crippen LogP contribution in [0.2, 0.25) is 0 Å². The highest BCUT2D eigenvalue weighted by Gasteiger charge is 2.37. The van der Waals surface area contributed by atoms with Crippen LogP contribution < -0.4 is 19.4 Å². The van der Waals surface area contributed by atoms with E-state index >= 15 is 0 Å². The Morgan fingerprint density at radius 3 is 2.07 bits per heavy atom. The molecule has 230 valence electrons. The van der Waals surface area contributed by atoms with Crippen molar-refractivity contribution in [3.63, 3.8) is 0 Å². The number of hydrogen-bond donors (Lipinski definition) is 2. The van der Waals surface area contributed by atoms with Gasteiger partial charge in [0.15, 0.2) is 27.3 Å². The van der Waals surface area contributed by atoms with Crippen molar-refractivity contribution < 1.29 is 50.1 Å². The third-order valence-electron chi connectivity index (χ3n) is 6.51. The summed E-state index contributed by atoms with van der Waals surface area (Å²) in [4.78, 5) is 13.2. The van der Waals surface area contributed by atoms with E-state index in [2.05, 4.69) is 5.32 Å². The average molecular weight is 621 g/mol. The summed E-state index contributed by atoms with van der Waals surface area (Å²) in [5.74, 6) is 1.01. The SMILES string of the molecule is COc1cc2c(cc1OCc1ccccc1)cc(C(=O)N[C@H](CO)Cc1ccccc1)c(C)[n+]2C.O=S(=O)([O-])C(F)(F)F. The smallest absolute Gasteiger partial charge is 0.485 e. The first-order valence-electron chi connectivity index (χ1n) is 12.9. The third-order valence-corrected chi connectivity index (χ3v) is 7.08. The first kappa shape index (κ1) is 33.3. The Labute approximate surface area is 247 Å². The van der Waals surface area contributed by atoms with Crippen LogP contribution in [0.5, 0.6) is 11.5 Å². The molecule has 3 aromatic carbocycles. The average Bonchev–Trinajstić information content (AvgIpc) is 2.97. The maximum Gasteiger partial charge on any atom is 0.485 e. The summed E-state index contributed by atoms with van der Waals surface area (Å²) in [6, 6.07) is 25.1. The number of aryl methyl sites for hydroxylation is 1. The van der Waals surface area contributed by atoms with E-state index < -0.39 is 15.6 Å². The predicted octanol–water partition coefficient (Wildman–Crippen LogP) is 3.95. The Balaban J connectivity index is 0.000000557. The number of rotatable bonds is 9. The number of hydrogen-bond acceptors (Lipinski definition) is 7. The Hall–Kier alpha value is -4.20. The molecule has 0 spiro atoms. The van der Waals surface area contributed by atoms with Crippen LogP contribution in [-0.2, 0) is 30.2 Å². The van der Waals surface area contributed by atoms with Gasteiger partial charge in [-0.1, -0.05) is 60.7 Å². The van der Waals surface area contributed by atoms with Gasteiger partial charge in [-0.25, -0.2) is 8.42 Å². The van der Waals surface area contributed by atoms with Crippen LogP contribution in [0, 0.1) is 6.92 Å². The zero-order valence-corrected chi connectivity index (χ0v) is 24.4. The number of alkyl halides is 3. The van der Waals surface area contributed by atoms with Crippen LogP contribution in [0.3, 0.4) is 0 Å². The summed E-state index contributed by atoms with van der Waals surface area (Å²) in [6.07, 6.45) is 0.552. The predicted molar refractivity (Wildman–Crippen MR) is 151 cm³/mol. The minimum Gasteiger partial charge on any atom is -0.741 e. The monoisotopic (exact) mass is 620 g/mol. The van der Waals surface area contributed by atoms with Gasteiger partial charge in [-0.05, 0) is 29.7 Å². The maximum atomic E-state index is 13.2. The number of methoxy groups -OCH3 is 1. The molecule has 9 nitrogen and oxygen atoms in total. The molecule has 0 saturated carbocycles. The van der Waals surface area contributed by atoms with Crippen molar-refractivity contribution in [3.05, 3.63) is 101 Å². The van der Waals surface area contributed by atoms with Gasteiger partial charge in [0, 0.05) is 6.92 Å². The van der Waals surface area contributed by atoms with Gasteiger partial charge in [-0.15, -0.1) is 0 Å². The number of fused-ring (bicyclic) bond motifs is 1. The highest BCUT2D eigenvalue weighted by molar-refractivity contribution is 7.86. The minimum atomic E-state index is -6.09. The zero-order chi connectivity index (χ0) is 31.8. The van der Waals surface area contributed by atoms with Gasteiger partial charge in [0.2, 0.25) is 5.52 Å². The zero-order valence-electron chi connectivity index (χ0n) is 23.6. The lowest BCUT2D eigenvalue weighted by molar-refractivity contribution is -0.651. The quantitative estimate of drug-likeness (QED) is 0.165. The van der Waals surface area contributed by atoms with Gasteiger partial charge in [-0.2, -0.15) is 17.7 Å². The molecule has 0 aliphatic rings. The molecule has 0 aliphatic heterocycles. The first-order chi connectivity index (χ1) is 20.2. The van der Waals surface area contributed by atoms with Crippen LogP contribution in [0.15, 0.2) is 78.9 Å². The van der Waals surface area contributed by atoms with Gasteiger partial charge < -0.3 is 24.4 Å². The number of nitrogens with one attached hydrogen (secondary N) is 1. The lowest BCUT2D eigenvalue weighted by Crippen LogP contribution is -2.42. The Bertz CT molecular complexity index is 1650. The lowest BCUT2D eigenvalue weighted by Gasteiger charge is -2.17.